The highest BCUT2D eigenvalue weighted by molar-refractivity contribution is 7.89. The first-order chi connectivity index (χ1) is 9.97. The fraction of sp³-hybridized carbons (Fsp3) is 0.462. The van der Waals surface area contributed by atoms with Gasteiger partial charge < -0.3 is 14.8 Å². The smallest absolute Gasteiger partial charge is 0.341 e. The summed E-state index contributed by atoms with van der Waals surface area (Å²) in [4.78, 5) is 11.6. The molecule has 0 amide bonds. The van der Waals surface area contributed by atoms with Crippen LogP contribution in [0.5, 0.6) is 5.75 Å². The van der Waals surface area contributed by atoms with Crippen LogP contribution < -0.4 is 14.8 Å². The Balaban J connectivity index is 2.29. The lowest BCUT2D eigenvalue weighted by atomic mass is 10.2. The molecule has 0 spiro atoms. The molecule has 0 bridgehead atoms. The molecule has 1 unspecified atom stereocenters. The highest BCUT2D eigenvalue weighted by Crippen LogP contribution is 2.24. The first-order valence-corrected chi connectivity index (χ1v) is 7.95. The number of hydrogen-bond donors (Lipinski definition) is 2. The number of sulfonamides is 1. The molecule has 1 heterocycles. The molecule has 1 saturated heterocycles. The minimum atomic E-state index is -3.65. The lowest BCUT2D eigenvalue weighted by molar-refractivity contribution is 0.0597. The van der Waals surface area contributed by atoms with E-state index in [2.05, 4.69) is 14.8 Å². The molecular weight excluding hydrogens is 296 g/mol. The van der Waals surface area contributed by atoms with Gasteiger partial charge in [0, 0.05) is 18.7 Å². The van der Waals surface area contributed by atoms with Crippen molar-refractivity contribution < 1.29 is 22.7 Å². The molecule has 8 heteroatoms. The van der Waals surface area contributed by atoms with E-state index in [1.165, 1.54) is 32.4 Å². The molecule has 0 radical (unpaired) electrons. The summed E-state index contributed by atoms with van der Waals surface area (Å²) in [5, 5.41) is 3.09. The molecule has 116 valence electrons. The lowest BCUT2D eigenvalue weighted by Gasteiger charge is -2.13. The largest absolute Gasteiger partial charge is 0.496 e. The van der Waals surface area contributed by atoms with Crippen molar-refractivity contribution in [3.05, 3.63) is 23.8 Å². The van der Waals surface area contributed by atoms with Crippen LogP contribution in [0.3, 0.4) is 0 Å². The first kappa shape index (κ1) is 15.7. The molecule has 0 saturated carbocycles. The zero-order valence-corrected chi connectivity index (χ0v) is 12.7. The van der Waals surface area contributed by atoms with E-state index in [0.717, 1.165) is 13.0 Å². The maximum absolute atomic E-state index is 12.3. The summed E-state index contributed by atoms with van der Waals surface area (Å²) in [6.07, 6.45) is 0.747. The van der Waals surface area contributed by atoms with Crippen LogP contribution in [0.25, 0.3) is 0 Å². The number of esters is 1. The molecule has 7 nitrogen and oxygen atoms in total. The molecule has 0 aliphatic carbocycles. The van der Waals surface area contributed by atoms with E-state index in [0.29, 0.717) is 6.54 Å². The third kappa shape index (κ3) is 3.52. The van der Waals surface area contributed by atoms with E-state index >= 15 is 0 Å². The van der Waals surface area contributed by atoms with Crippen molar-refractivity contribution in [1.82, 2.24) is 10.0 Å². The summed E-state index contributed by atoms with van der Waals surface area (Å²) in [6.45, 7) is 1.40. The molecule has 1 fully saturated rings. The number of benzene rings is 1. The zero-order valence-electron chi connectivity index (χ0n) is 11.9. The minimum Gasteiger partial charge on any atom is -0.496 e. The van der Waals surface area contributed by atoms with Crippen LogP contribution in [0.2, 0.25) is 0 Å². The third-order valence-corrected chi connectivity index (χ3v) is 4.79. The Labute approximate surface area is 123 Å². The number of methoxy groups -OCH3 is 2. The van der Waals surface area contributed by atoms with E-state index in [4.69, 9.17) is 4.74 Å². The van der Waals surface area contributed by atoms with Gasteiger partial charge in [0.2, 0.25) is 10.0 Å². The Morgan fingerprint density at radius 3 is 2.71 bits per heavy atom. The van der Waals surface area contributed by atoms with Gasteiger partial charge in [-0.05, 0) is 25.1 Å². The number of carbonyl (C=O) groups is 1. The number of nitrogens with one attached hydrogen (secondary N) is 2. The number of rotatable bonds is 5. The van der Waals surface area contributed by atoms with Crippen molar-refractivity contribution >= 4 is 16.0 Å². The monoisotopic (exact) mass is 314 g/mol. The van der Waals surface area contributed by atoms with Gasteiger partial charge in [-0.2, -0.15) is 0 Å². The molecule has 1 atom stereocenters. The summed E-state index contributed by atoms with van der Waals surface area (Å²) in [5.41, 5.74) is 0.182. The van der Waals surface area contributed by atoms with Crippen LogP contribution >= 0.6 is 0 Å². The van der Waals surface area contributed by atoms with Crippen molar-refractivity contribution in [3.8, 4) is 5.75 Å². The topological polar surface area (TPSA) is 93.7 Å². The average molecular weight is 314 g/mol. The van der Waals surface area contributed by atoms with Crippen LogP contribution in [0.4, 0.5) is 0 Å². The Morgan fingerprint density at radius 2 is 2.14 bits per heavy atom. The second-order valence-corrected chi connectivity index (χ2v) is 6.38. The van der Waals surface area contributed by atoms with Crippen LogP contribution in [0.15, 0.2) is 23.1 Å². The van der Waals surface area contributed by atoms with Crippen LogP contribution in [-0.4, -0.2) is 47.7 Å². The quantitative estimate of drug-likeness (QED) is 0.750. The fourth-order valence-electron chi connectivity index (χ4n) is 2.16. The summed E-state index contributed by atoms with van der Waals surface area (Å²) in [7, 11) is -1.03. The summed E-state index contributed by atoms with van der Waals surface area (Å²) < 4.78 is 36.9. The van der Waals surface area contributed by atoms with Crippen molar-refractivity contribution in [2.24, 2.45) is 0 Å². The maximum atomic E-state index is 12.3. The van der Waals surface area contributed by atoms with Gasteiger partial charge in [0.15, 0.2) is 0 Å². The SMILES string of the molecule is COC(=O)c1ccc(S(=O)(=O)NC2CCNC2)cc1OC. The molecule has 1 aliphatic rings. The molecule has 21 heavy (non-hydrogen) atoms. The van der Waals surface area contributed by atoms with Gasteiger partial charge in [0.1, 0.15) is 11.3 Å². The zero-order chi connectivity index (χ0) is 15.5. The van der Waals surface area contributed by atoms with E-state index in [1.807, 2.05) is 0 Å². The Kier molecular flexibility index (Phi) is 4.81. The molecule has 1 aliphatic heterocycles. The Morgan fingerprint density at radius 1 is 1.38 bits per heavy atom. The molecule has 2 rings (SSSR count). The molecule has 0 aromatic heterocycles. The molecule has 1 aromatic carbocycles. The highest BCUT2D eigenvalue weighted by Gasteiger charge is 2.24. The van der Waals surface area contributed by atoms with Gasteiger partial charge in [-0.1, -0.05) is 0 Å². The fourth-order valence-corrected chi connectivity index (χ4v) is 3.45. The van der Waals surface area contributed by atoms with Crippen molar-refractivity contribution in [2.45, 2.75) is 17.4 Å². The van der Waals surface area contributed by atoms with Gasteiger partial charge in [-0.3, -0.25) is 0 Å². The second kappa shape index (κ2) is 6.42. The van der Waals surface area contributed by atoms with Crippen LogP contribution in [0, 0.1) is 0 Å². The molecular formula is C13H18N2O5S. The van der Waals surface area contributed by atoms with Gasteiger partial charge in [0.05, 0.1) is 19.1 Å². The van der Waals surface area contributed by atoms with Crippen molar-refractivity contribution in [3.63, 3.8) is 0 Å². The van der Waals surface area contributed by atoms with Crippen molar-refractivity contribution in [1.29, 1.82) is 0 Å². The predicted molar refractivity (Wildman–Crippen MR) is 75.9 cm³/mol. The first-order valence-electron chi connectivity index (χ1n) is 6.47. The number of hydrogen-bond acceptors (Lipinski definition) is 6. The Bertz CT molecular complexity index is 623. The van der Waals surface area contributed by atoms with E-state index in [-0.39, 0.29) is 22.3 Å². The van der Waals surface area contributed by atoms with Crippen LogP contribution in [-0.2, 0) is 14.8 Å². The van der Waals surface area contributed by atoms with E-state index in [9.17, 15) is 13.2 Å². The maximum Gasteiger partial charge on any atom is 0.341 e. The lowest BCUT2D eigenvalue weighted by Crippen LogP contribution is -2.36. The van der Waals surface area contributed by atoms with Gasteiger partial charge in [0.25, 0.3) is 0 Å². The van der Waals surface area contributed by atoms with Crippen molar-refractivity contribution in [2.75, 3.05) is 27.3 Å². The highest BCUT2D eigenvalue weighted by atomic mass is 32.2. The van der Waals surface area contributed by atoms with Gasteiger partial charge >= 0.3 is 5.97 Å². The van der Waals surface area contributed by atoms with Crippen LogP contribution in [0.1, 0.15) is 16.8 Å². The molecule has 2 N–H and O–H groups in total. The number of ether oxygens (including phenoxy) is 2. The number of carbonyl (C=O) groups excluding carboxylic acids is 1. The average Bonchev–Trinajstić information content (AvgIpc) is 2.97. The van der Waals surface area contributed by atoms with Gasteiger partial charge in [-0.25, -0.2) is 17.9 Å². The standard InChI is InChI=1S/C13H18N2O5S/c1-19-12-7-10(3-4-11(12)13(16)20-2)21(17,18)15-9-5-6-14-8-9/h3-4,7,9,14-15H,5-6,8H2,1-2H3. The summed E-state index contributed by atoms with van der Waals surface area (Å²) in [6, 6.07) is 3.93. The molecule has 1 aromatic rings. The van der Waals surface area contributed by atoms with E-state index in [1.54, 1.807) is 0 Å². The normalized spacial score (nSPS) is 18.5. The summed E-state index contributed by atoms with van der Waals surface area (Å²) in [5.74, 6) is -0.418. The predicted octanol–water partition coefficient (Wildman–Crippen LogP) is 0.122. The summed E-state index contributed by atoms with van der Waals surface area (Å²) >= 11 is 0. The van der Waals surface area contributed by atoms with E-state index < -0.39 is 16.0 Å². The minimum absolute atomic E-state index is 0.0545. The second-order valence-electron chi connectivity index (χ2n) is 4.66. The Hall–Kier alpha value is -1.64. The van der Waals surface area contributed by atoms with Gasteiger partial charge in [-0.15, -0.1) is 0 Å². The third-order valence-electron chi connectivity index (χ3n) is 3.27.